The topological polar surface area (TPSA) is 74.0 Å². The molecule has 0 fully saturated rings. The molecule has 0 spiro atoms. The SMILES string of the molecule is Cc1cccc2c1cnn2CCCNC(=O)c1nn2c(c1F)OCC2. The van der Waals surface area contributed by atoms with Gasteiger partial charge in [-0.3, -0.25) is 9.48 Å². The van der Waals surface area contributed by atoms with Gasteiger partial charge >= 0.3 is 0 Å². The average Bonchev–Trinajstić information content (AvgIpc) is 3.29. The molecule has 0 saturated heterocycles. The highest BCUT2D eigenvalue weighted by Gasteiger charge is 2.27. The van der Waals surface area contributed by atoms with E-state index in [9.17, 15) is 9.18 Å². The van der Waals surface area contributed by atoms with Gasteiger partial charge in [-0.2, -0.15) is 14.6 Å². The lowest BCUT2D eigenvalue weighted by Gasteiger charge is -2.06. The van der Waals surface area contributed by atoms with Crippen molar-refractivity contribution in [3.05, 3.63) is 41.5 Å². The van der Waals surface area contributed by atoms with Crippen LogP contribution >= 0.6 is 0 Å². The van der Waals surface area contributed by atoms with E-state index in [2.05, 4.69) is 28.5 Å². The van der Waals surface area contributed by atoms with E-state index in [1.807, 2.05) is 23.0 Å². The number of fused-ring (bicyclic) bond motifs is 2. The van der Waals surface area contributed by atoms with Gasteiger partial charge in [0, 0.05) is 18.5 Å². The zero-order valence-electron chi connectivity index (χ0n) is 13.8. The molecule has 3 aromatic rings. The fourth-order valence-electron chi connectivity index (χ4n) is 3.03. The second kappa shape index (κ2) is 6.19. The lowest BCUT2D eigenvalue weighted by Crippen LogP contribution is -2.26. The zero-order chi connectivity index (χ0) is 17.4. The number of hydrogen-bond donors (Lipinski definition) is 1. The summed E-state index contributed by atoms with van der Waals surface area (Å²) in [5.74, 6) is -1.17. The summed E-state index contributed by atoms with van der Waals surface area (Å²) in [6.07, 6.45) is 2.54. The number of benzene rings is 1. The van der Waals surface area contributed by atoms with Gasteiger partial charge in [0.25, 0.3) is 5.91 Å². The summed E-state index contributed by atoms with van der Waals surface area (Å²) in [6.45, 7) is 3.98. The van der Waals surface area contributed by atoms with Crippen molar-refractivity contribution in [1.82, 2.24) is 24.9 Å². The molecule has 1 amide bonds. The molecule has 0 radical (unpaired) electrons. The van der Waals surface area contributed by atoms with Crippen LogP contribution in [0.4, 0.5) is 4.39 Å². The van der Waals surface area contributed by atoms with Gasteiger partial charge in [0.1, 0.15) is 6.61 Å². The minimum absolute atomic E-state index is 0.0449. The number of carbonyl (C=O) groups is 1. The van der Waals surface area contributed by atoms with E-state index in [-0.39, 0.29) is 11.6 Å². The molecule has 0 bridgehead atoms. The van der Waals surface area contributed by atoms with Crippen LogP contribution in [0.2, 0.25) is 0 Å². The van der Waals surface area contributed by atoms with Gasteiger partial charge in [-0.1, -0.05) is 12.1 Å². The van der Waals surface area contributed by atoms with E-state index in [0.717, 1.165) is 10.9 Å². The summed E-state index contributed by atoms with van der Waals surface area (Å²) < 4.78 is 22.5. The third-order valence-corrected chi connectivity index (χ3v) is 4.35. The van der Waals surface area contributed by atoms with Gasteiger partial charge in [-0.25, -0.2) is 4.68 Å². The minimum Gasteiger partial charge on any atom is -0.474 e. The minimum atomic E-state index is -0.691. The quantitative estimate of drug-likeness (QED) is 0.718. The van der Waals surface area contributed by atoms with Crippen molar-refractivity contribution in [3.8, 4) is 5.88 Å². The van der Waals surface area contributed by atoms with Crippen molar-refractivity contribution in [2.45, 2.75) is 26.4 Å². The number of amides is 1. The van der Waals surface area contributed by atoms with Crippen molar-refractivity contribution in [2.75, 3.05) is 13.2 Å². The van der Waals surface area contributed by atoms with Crippen molar-refractivity contribution in [2.24, 2.45) is 0 Å². The number of rotatable bonds is 5. The maximum atomic E-state index is 14.0. The van der Waals surface area contributed by atoms with Crippen LogP contribution in [0.15, 0.2) is 24.4 Å². The Kier molecular flexibility index (Phi) is 3.87. The van der Waals surface area contributed by atoms with Crippen LogP contribution in [0, 0.1) is 12.7 Å². The van der Waals surface area contributed by atoms with Crippen molar-refractivity contribution < 1.29 is 13.9 Å². The van der Waals surface area contributed by atoms with Crippen LogP contribution in [0.3, 0.4) is 0 Å². The summed E-state index contributed by atoms with van der Waals surface area (Å²) in [5.41, 5.74) is 2.04. The van der Waals surface area contributed by atoms with Crippen LogP contribution in [-0.4, -0.2) is 38.6 Å². The van der Waals surface area contributed by atoms with Crippen molar-refractivity contribution in [3.63, 3.8) is 0 Å². The Bertz CT molecular complexity index is 946. The molecule has 7 nitrogen and oxygen atoms in total. The predicted molar refractivity (Wildman–Crippen MR) is 89.1 cm³/mol. The molecule has 4 rings (SSSR count). The van der Waals surface area contributed by atoms with E-state index >= 15 is 0 Å². The normalized spacial score (nSPS) is 13.0. The number of aromatic nitrogens is 4. The highest BCUT2D eigenvalue weighted by molar-refractivity contribution is 5.92. The first-order valence-corrected chi connectivity index (χ1v) is 8.23. The Morgan fingerprint density at radius 1 is 1.44 bits per heavy atom. The number of carbonyl (C=O) groups excluding carboxylic acids is 1. The van der Waals surface area contributed by atoms with Gasteiger partial charge in [-0.15, -0.1) is 0 Å². The monoisotopic (exact) mass is 343 g/mol. The fraction of sp³-hybridized carbons (Fsp3) is 0.353. The van der Waals surface area contributed by atoms with Crippen LogP contribution in [0.5, 0.6) is 5.88 Å². The molecule has 8 heteroatoms. The summed E-state index contributed by atoms with van der Waals surface area (Å²) in [4.78, 5) is 12.1. The Hall–Kier alpha value is -2.90. The first-order chi connectivity index (χ1) is 12.1. The largest absolute Gasteiger partial charge is 0.474 e. The molecule has 1 aromatic carbocycles. The number of aryl methyl sites for hydroxylation is 2. The molecule has 0 unspecified atom stereocenters. The van der Waals surface area contributed by atoms with E-state index in [1.165, 1.54) is 10.2 Å². The van der Waals surface area contributed by atoms with E-state index in [0.29, 0.717) is 32.7 Å². The van der Waals surface area contributed by atoms with Crippen LogP contribution in [-0.2, 0) is 13.1 Å². The Morgan fingerprint density at radius 2 is 2.32 bits per heavy atom. The molecule has 0 saturated carbocycles. The third-order valence-electron chi connectivity index (χ3n) is 4.35. The standard InChI is InChI=1S/C17H18FN5O2/c1-11-4-2-5-13-12(11)10-20-22(13)7-3-6-19-16(24)15-14(18)17-23(21-15)8-9-25-17/h2,4-5,10H,3,6-9H2,1H3,(H,19,24). The van der Waals surface area contributed by atoms with Crippen LogP contribution < -0.4 is 10.1 Å². The second-order valence-electron chi connectivity index (χ2n) is 6.02. The van der Waals surface area contributed by atoms with Gasteiger partial charge in [0.2, 0.25) is 11.7 Å². The van der Waals surface area contributed by atoms with E-state index in [4.69, 9.17) is 4.74 Å². The molecular weight excluding hydrogens is 325 g/mol. The molecule has 1 aliphatic rings. The second-order valence-corrected chi connectivity index (χ2v) is 6.02. The van der Waals surface area contributed by atoms with Crippen LogP contribution in [0.25, 0.3) is 10.9 Å². The molecule has 0 atom stereocenters. The zero-order valence-corrected chi connectivity index (χ0v) is 13.8. The summed E-state index contributed by atoms with van der Waals surface area (Å²) in [5, 5.41) is 12.2. The number of nitrogens with one attached hydrogen (secondary N) is 1. The van der Waals surface area contributed by atoms with Crippen LogP contribution in [0.1, 0.15) is 22.5 Å². The van der Waals surface area contributed by atoms with Gasteiger partial charge in [0.05, 0.1) is 18.3 Å². The van der Waals surface area contributed by atoms with Crippen molar-refractivity contribution >= 4 is 16.8 Å². The lowest BCUT2D eigenvalue weighted by atomic mass is 10.1. The molecular formula is C17H18FN5O2. The highest BCUT2D eigenvalue weighted by atomic mass is 19.1. The van der Waals surface area contributed by atoms with Crippen molar-refractivity contribution in [1.29, 1.82) is 0 Å². The first kappa shape index (κ1) is 15.6. The third kappa shape index (κ3) is 2.73. The molecule has 1 aliphatic heterocycles. The Labute approximate surface area is 143 Å². The molecule has 3 heterocycles. The van der Waals surface area contributed by atoms with Gasteiger partial charge < -0.3 is 10.1 Å². The molecule has 0 aliphatic carbocycles. The maximum Gasteiger partial charge on any atom is 0.275 e. The number of nitrogens with zero attached hydrogens (tertiary/aromatic N) is 4. The summed E-state index contributed by atoms with van der Waals surface area (Å²) in [6, 6.07) is 6.07. The molecule has 2 aromatic heterocycles. The van der Waals surface area contributed by atoms with Gasteiger partial charge in [-0.05, 0) is 25.0 Å². The Morgan fingerprint density at radius 3 is 3.16 bits per heavy atom. The number of ether oxygens (including phenoxy) is 1. The molecule has 25 heavy (non-hydrogen) atoms. The highest BCUT2D eigenvalue weighted by Crippen LogP contribution is 2.24. The summed E-state index contributed by atoms with van der Waals surface area (Å²) in [7, 11) is 0. The van der Waals surface area contributed by atoms with E-state index in [1.54, 1.807) is 0 Å². The van der Waals surface area contributed by atoms with Gasteiger partial charge in [0.15, 0.2) is 5.69 Å². The first-order valence-electron chi connectivity index (χ1n) is 8.23. The fourth-order valence-corrected chi connectivity index (χ4v) is 3.03. The lowest BCUT2D eigenvalue weighted by molar-refractivity contribution is 0.0942. The average molecular weight is 343 g/mol. The molecule has 1 N–H and O–H groups in total. The molecule has 130 valence electrons. The number of hydrogen-bond acceptors (Lipinski definition) is 4. The maximum absolute atomic E-state index is 14.0. The van der Waals surface area contributed by atoms with E-state index < -0.39 is 11.7 Å². The Balaban J connectivity index is 1.35. The number of halogens is 1. The summed E-state index contributed by atoms with van der Waals surface area (Å²) >= 11 is 0. The predicted octanol–water partition coefficient (Wildman–Crippen LogP) is 1.89. The smallest absolute Gasteiger partial charge is 0.275 e.